The maximum atomic E-state index is 12.9. The molecule has 1 fully saturated rings. The molecule has 3 rings (SSSR count). The van der Waals surface area contributed by atoms with E-state index in [0.717, 1.165) is 5.69 Å². The number of anilines is 2. The van der Waals surface area contributed by atoms with E-state index >= 15 is 0 Å². The number of morpholine rings is 1. The van der Waals surface area contributed by atoms with E-state index in [-0.39, 0.29) is 5.69 Å². The Labute approximate surface area is 210 Å². The van der Waals surface area contributed by atoms with Crippen LogP contribution in [0.2, 0.25) is 0 Å². The highest BCUT2D eigenvalue weighted by atomic mass is 19.4. The van der Waals surface area contributed by atoms with Crippen molar-refractivity contribution < 1.29 is 41.7 Å². The van der Waals surface area contributed by atoms with Crippen LogP contribution in [0.1, 0.15) is 19.4 Å². The summed E-state index contributed by atoms with van der Waals surface area (Å²) in [6.45, 7) is 5.23. The van der Waals surface area contributed by atoms with Crippen molar-refractivity contribution in [2.75, 3.05) is 56.3 Å². The maximum Gasteiger partial charge on any atom is 0.417 e. The van der Waals surface area contributed by atoms with Gasteiger partial charge in [-0.25, -0.2) is 0 Å². The number of benzene rings is 1. The second-order valence-electron chi connectivity index (χ2n) is 7.87. The Morgan fingerprint density at radius 3 is 2.38 bits per heavy atom. The van der Waals surface area contributed by atoms with E-state index in [1.54, 1.807) is 19.1 Å². The summed E-state index contributed by atoms with van der Waals surface area (Å²) < 4.78 is 60.9. The van der Waals surface area contributed by atoms with Crippen LogP contribution in [0.3, 0.4) is 0 Å². The van der Waals surface area contributed by atoms with E-state index in [1.165, 1.54) is 0 Å². The predicted octanol–water partition coefficient (Wildman–Crippen LogP) is 2.68. The molecule has 1 aliphatic heterocycles. The largest absolute Gasteiger partial charge is 0.492 e. The topological polar surface area (TPSA) is 108 Å². The van der Waals surface area contributed by atoms with Gasteiger partial charge in [0.1, 0.15) is 18.0 Å². The highest BCUT2D eigenvalue weighted by Gasteiger charge is 2.31. The van der Waals surface area contributed by atoms with Crippen molar-refractivity contribution in [3.8, 4) is 11.5 Å². The van der Waals surface area contributed by atoms with Crippen LogP contribution in [0.4, 0.5) is 24.5 Å². The molecule has 2 aromatic rings. The zero-order valence-corrected chi connectivity index (χ0v) is 20.4. The molecule has 1 saturated heterocycles. The lowest BCUT2D eigenvalue weighted by Crippen LogP contribution is -2.36. The summed E-state index contributed by atoms with van der Waals surface area (Å²) in [5.74, 6) is -0.877. The molecule has 37 heavy (non-hydrogen) atoms. The lowest BCUT2D eigenvalue weighted by molar-refractivity contribution is -0.148. The fourth-order valence-corrected chi connectivity index (χ4v) is 3.58. The van der Waals surface area contributed by atoms with Gasteiger partial charge in [0.2, 0.25) is 0 Å². The number of aromatic nitrogens is 1. The van der Waals surface area contributed by atoms with Gasteiger partial charge in [0.05, 0.1) is 43.4 Å². The number of halogens is 3. The molecule has 202 valence electrons. The SMILES string of the molecule is CCOc1cc(N2CCOCC2)c(OCC)cc1NC(=O)COC(=O)Cn1cc(C(F)(F)F)ccc1=O. The molecule has 0 radical (unpaired) electrons. The van der Waals surface area contributed by atoms with Crippen molar-refractivity contribution >= 4 is 23.3 Å². The molecule has 0 spiro atoms. The third kappa shape index (κ3) is 7.62. The molecule has 1 aromatic heterocycles. The van der Waals surface area contributed by atoms with Crippen molar-refractivity contribution in [3.05, 3.63) is 46.4 Å². The smallest absolute Gasteiger partial charge is 0.417 e. The fraction of sp³-hybridized carbons (Fsp3) is 0.458. The number of amides is 1. The third-order valence-electron chi connectivity index (χ3n) is 5.26. The first kappa shape index (κ1) is 27.8. The number of alkyl halides is 3. The number of esters is 1. The number of carbonyl (C=O) groups excluding carboxylic acids is 2. The van der Waals surface area contributed by atoms with Crippen LogP contribution in [-0.2, 0) is 31.8 Å². The summed E-state index contributed by atoms with van der Waals surface area (Å²) in [5, 5.41) is 2.60. The first-order chi connectivity index (χ1) is 17.6. The van der Waals surface area contributed by atoms with Crippen LogP contribution in [0, 0.1) is 0 Å². The Hall–Kier alpha value is -3.74. The highest BCUT2D eigenvalue weighted by Crippen LogP contribution is 2.39. The molecule has 0 atom stereocenters. The minimum Gasteiger partial charge on any atom is -0.492 e. The van der Waals surface area contributed by atoms with Crippen LogP contribution in [-0.4, -0.2) is 62.6 Å². The van der Waals surface area contributed by atoms with Gasteiger partial charge < -0.3 is 33.7 Å². The summed E-state index contributed by atoms with van der Waals surface area (Å²) in [4.78, 5) is 38.5. The molecular formula is C24H28F3N3O7. The Morgan fingerprint density at radius 1 is 1.05 bits per heavy atom. The fourth-order valence-electron chi connectivity index (χ4n) is 3.58. The van der Waals surface area contributed by atoms with Crippen LogP contribution in [0.25, 0.3) is 0 Å². The van der Waals surface area contributed by atoms with Crippen molar-refractivity contribution in [2.45, 2.75) is 26.6 Å². The highest BCUT2D eigenvalue weighted by molar-refractivity contribution is 5.95. The van der Waals surface area contributed by atoms with Crippen molar-refractivity contribution in [1.29, 1.82) is 0 Å². The Morgan fingerprint density at radius 2 is 1.73 bits per heavy atom. The Kier molecular flexibility index (Phi) is 9.39. The quantitative estimate of drug-likeness (QED) is 0.470. The van der Waals surface area contributed by atoms with Crippen molar-refractivity contribution in [3.63, 3.8) is 0 Å². The van der Waals surface area contributed by atoms with Gasteiger partial charge in [-0.3, -0.25) is 14.4 Å². The molecular weight excluding hydrogens is 499 g/mol. The van der Waals surface area contributed by atoms with Gasteiger partial charge in [0.15, 0.2) is 6.61 Å². The number of nitrogens with one attached hydrogen (secondary N) is 1. The van der Waals surface area contributed by atoms with Gasteiger partial charge >= 0.3 is 12.1 Å². The summed E-state index contributed by atoms with van der Waals surface area (Å²) in [7, 11) is 0. The van der Waals surface area contributed by atoms with E-state index in [2.05, 4.69) is 10.2 Å². The van der Waals surface area contributed by atoms with E-state index in [4.69, 9.17) is 18.9 Å². The summed E-state index contributed by atoms with van der Waals surface area (Å²) >= 11 is 0. The first-order valence-electron chi connectivity index (χ1n) is 11.6. The second-order valence-corrected chi connectivity index (χ2v) is 7.87. The van der Waals surface area contributed by atoms with Gasteiger partial charge in [-0.2, -0.15) is 13.2 Å². The molecule has 10 nitrogen and oxygen atoms in total. The minimum atomic E-state index is -4.69. The maximum absolute atomic E-state index is 12.9. The monoisotopic (exact) mass is 527 g/mol. The van der Waals surface area contributed by atoms with Crippen molar-refractivity contribution in [2.24, 2.45) is 0 Å². The van der Waals surface area contributed by atoms with Gasteiger partial charge in [-0.05, 0) is 19.9 Å². The molecule has 1 amide bonds. The number of nitrogens with zero attached hydrogens (tertiary/aromatic N) is 2. The average Bonchev–Trinajstić information content (AvgIpc) is 2.85. The zero-order valence-electron chi connectivity index (χ0n) is 20.4. The number of carbonyl (C=O) groups is 2. The summed E-state index contributed by atoms with van der Waals surface area (Å²) in [5.41, 5.74) is -0.840. The minimum absolute atomic E-state index is 0.289. The van der Waals surface area contributed by atoms with E-state index in [0.29, 0.717) is 73.9 Å². The summed E-state index contributed by atoms with van der Waals surface area (Å²) in [6.07, 6.45) is -4.17. The molecule has 0 aliphatic carbocycles. The van der Waals surface area contributed by atoms with Gasteiger partial charge in [-0.15, -0.1) is 0 Å². The standard InChI is InChI=1S/C24H28F3N3O7/c1-3-35-19-12-18(29-7-9-34-10-8-29)20(36-4-2)11-17(19)28-21(31)15-37-23(33)14-30-13-16(24(25,26)27)5-6-22(30)32/h5-6,11-13H,3-4,7-10,14-15H2,1-2H3,(H,28,31). The van der Waals surface area contributed by atoms with Gasteiger partial charge in [0, 0.05) is 37.5 Å². The lowest BCUT2D eigenvalue weighted by atomic mass is 10.2. The third-order valence-corrected chi connectivity index (χ3v) is 5.26. The molecule has 0 unspecified atom stereocenters. The van der Waals surface area contributed by atoms with Crippen LogP contribution in [0.5, 0.6) is 11.5 Å². The average molecular weight is 527 g/mol. The van der Waals surface area contributed by atoms with Gasteiger partial charge in [0.25, 0.3) is 11.5 Å². The normalized spacial score (nSPS) is 13.7. The molecule has 0 bridgehead atoms. The molecule has 1 aromatic carbocycles. The zero-order chi connectivity index (χ0) is 27.0. The summed E-state index contributed by atoms with van der Waals surface area (Å²) in [6, 6.07) is 4.69. The number of ether oxygens (including phenoxy) is 4. The predicted molar refractivity (Wildman–Crippen MR) is 127 cm³/mol. The number of hydrogen-bond acceptors (Lipinski definition) is 8. The Balaban J connectivity index is 1.69. The number of rotatable bonds is 10. The molecule has 1 N–H and O–H groups in total. The van der Waals surface area contributed by atoms with Crippen LogP contribution < -0.4 is 25.2 Å². The van der Waals surface area contributed by atoms with E-state index < -0.39 is 42.3 Å². The number of hydrogen-bond donors (Lipinski definition) is 1. The first-order valence-corrected chi connectivity index (χ1v) is 11.6. The van der Waals surface area contributed by atoms with Crippen molar-refractivity contribution in [1.82, 2.24) is 4.57 Å². The molecule has 13 heteroatoms. The van der Waals surface area contributed by atoms with E-state index in [9.17, 15) is 27.6 Å². The number of pyridine rings is 1. The second kappa shape index (κ2) is 12.5. The molecule has 2 heterocycles. The van der Waals surface area contributed by atoms with E-state index in [1.807, 2.05) is 6.92 Å². The molecule has 1 aliphatic rings. The van der Waals surface area contributed by atoms with Crippen LogP contribution >= 0.6 is 0 Å². The lowest BCUT2D eigenvalue weighted by Gasteiger charge is -2.31. The Bertz CT molecular complexity index is 1160. The molecule has 0 saturated carbocycles. The van der Waals surface area contributed by atoms with Gasteiger partial charge in [-0.1, -0.05) is 0 Å². The van der Waals surface area contributed by atoms with Crippen LogP contribution in [0.15, 0.2) is 35.3 Å².